The molecule has 3 aromatic rings. The van der Waals surface area contributed by atoms with Gasteiger partial charge in [-0.3, -0.25) is 19.4 Å². The molecule has 202 valence electrons. The summed E-state index contributed by atoms with van der Waals surface area (Å²) in [6.07, 6.45) is -0.521. The van der Waals surface area contributed by atoms with Gasteiger partial charge in [-0.1, -0.05) is 32.0 Å². The van der Waals surface area contributed by atoms with E-state index >= 15 is 0 Å². The second kappa shape index (κ2) is 12.1. The van der Waals surface area contributed by atoms with E-state index in [1.807, 2.05) is 45.9 Å². The van der Waals surface area contributed by atoms with Gasteiger partial charge in [-0.15, -0.1) is 0 Å². The minimum absolute atomic E-state index is 0.0263. The molecule has 1 amide bonds. The maximum Gasteiger partial charge on any atom is 0.416 e. The molecule has 0 fully saturated rings. The molecular weight excluding hydrogens is 499 g/mol. The van der Waals surface area contributed by atoms with Crippen LogP contribution in [0.5, 0.6) is 5.75 Å². The standard InChI is InChI=1S/C28H30F3N3O4/c1-17(2)12-23(34-11-9-21(14-24(34)35)28(29,30)31)27(37)33-10-8-25(36)38-22-13-20(15-32-16-22)26-18(3)6-5-7-19(26)4/h5-7,9,11,13-17,23H,8,10,12H2,1-4H3,(H,33,37)/t23-/m1/s1. The Hall–Kier alpha value is -3.95. The van der Waals surface area contributed by atoms with Crippen LogP contribution in [-0.4, -0.2) is 28.0 Å². The molecule has 7 nitrogen and oxygen atoms in total. The van der Waals surface area contributed by atoms with Gasteiger partial charge >= 0.3 is 12.1 Å². The number of ether oxygens (including phenoxy) is 1. The number of nitrogens with zero attached hydrogens (tertiary/aromatic N) is 2. The number of esters is 1. The van der Waals surface area contributed by atoms with E-state index in [1.54, 1.807) is 12.3 Å². The molecule has 0 aliphatic rings. The van der Waals surface area contributed by atoms with Gasteiger partial charge in [0.1, 0.15) is 11.8 Å². The van der Waals surface area contributed by atoms with Crippen LogP contribution in [0.4, 0.5) is 13.2 Å². The number of benzene rings is 1. The maximum atomic E-state index is 12.9. The van der Waals surface area contributed by atoms with Crippen molar-refractivity contribution in [2.45, 2.75) is 52.8 Å². The van der Waals surface area contributed by atoms with Crippen molar-refractivity contribution < 1.29 is 27.5 Å². The minimum atomic E-state index is -4.66. The van der Waals surface area contributed by atoms with Gasteiger partial charge in [0.25, 0.3) is 5.56 Å². The Morgan fingerprint density at radius 1 is 1.08 bits per heavy atom. The van der Waals surface area contributed by atoms with Gasteiger partial charge in [-0.2, -0.15) is 13.2 Å². The molecule has 0 saturated heterocycles. The summed E-state index contributed by atoms with van der Waals surface area (Å²) in [7, 11) is 0. The van der Waals surface area contributed by atoms with Crippen LogP contribution in [0.15, 0.2) is 59.8 Å². The van der Waals surface area contributed by atoms with Crippen LogP contribution in [0.2, 0.25) is 0 Å². The molecule has 0 aliphatic carbocycles. The van der Waals surface area contributed by atoms with Crippen molar-refractivity contribution in [1.82, 2.24) is 14.9 Å². The SMILES string of the molecule is Cc1cccc(C)c1-c1cncc(OC(=O)CCNC(=O)[C@@H](CC(C)C)n2ccc(C(F)(F)F)cc2=O)c1. The Labute approximate surface area is 218 Å². The van der Waals surface area contributed by atoms with E-state index in [1.165, 1.54) is 6.20 Å². The molecule has 1 aromatic carbocycles. The first-order valence-electron chi connectivity index (χ1n) is 12.2. The molecule has 3 rings (SSSR count). The van der Waals surface area contributed by atoms with Crippen LogP contribution < -0.4 is 15.6 Å². The summed E-state index contributed by atoms with van der Waals surface area (Å²) in [4.78, 5) is 41.8. The van der Waals surface area contributed by atoms with Crippen LogP contribution in [0, 0.1) is 19.8 Å². The Morgan fingerprint density at radius 2 is 1.76 bits per heavy atom. The largest absolute Gasteiger partial charge is 0.425 e. The lowest BCUT2D eigenvalue weighted by Gasteiger charge is -2.21. The highest BCUT2D eigenvalue weighted by Gasteiger charge is 2.32. The lowest BCUT2D eigenvalue weighted by molar-refractivity contribution is -0.138. The lowest BCUT2D eigenvalue weighted by atomic mass is 9.97. The van der Waals surface area contributed by atoms with Crippen molar-refractivity contribution in [1.29, 1.82) is 0 Å². The number of nitrogens with one attached hydrogen (secondary N) is 1. The van der Waals surface area contributed by atoms with Crippen molar-refractivity contribution in [3.63, 3.8) is 0 Å². The number of aryl methyl sites for hydroxylation is 2. The maximum absolute atomic E-state index is 12.9. The third-order valence-corrected chi connectivity index (χ3v) is 5.95. The number of carbonyl (C=O) groups is 2. The van der Waals surface area contributed by atoms with Gasteiger partial charge in [0.2, 0.25) is 5.91 Å². The zero-order chi connectivity index (χ0) is 28.0. The van der Waals surface area contributed by atoms with E-state index in [4.69, 9.17) is 4.74 Å². The molecule has 1 N–H and O–H groups in total. The Balaban J connectivity index is 1.64. The van der Waals surface area contributed by atoms with Crippen LogP contribution in [-0.2, 0) is 15.8 Å². The summed E-state index contributed by atoms with van der Waals surface area (Å²) >= 11 is 0. The topological polar surface area (TPSA) is 90.3 Å². The summed E-state index contributed by atoms with van der Waals surface area (Å²) in [5.74, 6) is -0.943. The molecule has 10 heteroatoms. The summed E-state index contributed by atoms with van der Waals surface area (Å²) in [5, 5.41) is 2.59. The zero-order valence-corrected chi connectivity index (χ0v) is 21.6. The smallest absolute Gasteiger partial charge is 0.416 e. The van der Waals surface area contributed by atoms with E-state index in [0.29, 0.717) is 6.07 Å². The van der Waals surface area contributed by atoms with Gasteiger partial charge in [-0.25, -0.2) is 0 Å². The van der Waals surface area contributed by atoms with Crippen LogP contribution >= 0.6 is 0 Å². The third-order valence-electron chi connectivity index (χ3n) is 5.95. The van der Waals surface area contributed by atoms with Gasteiger partial charge < -0.3 is 14.6 Å². The molecule has 38 heavy (non-hydrogen) atoms. The minimum Gasteiger partial charge on any atom is -0.425 e. The van der Waals surface area contributed by atoms with E-state index in [-0.39, 0.29) is 31.1 Å². The number of hydrogen-bond donors (Lipinski definition) is 1. The predicted octanol–water partition coefficient (Wildman–Crippen LogP) is 5.25. The number of rotatable bonds is 9. The molecule has 1 atom stereocenters. The van der Waals surface area contributed by atoms with Crippen molar-refractivity contribution in [3.05, 3.63) is 82.0 Å². The number of carbonyl (C=O) groups excluding carboxylic acids is 2. The Morgan fingerprint density at radius 3 is 2.37 bits per heavy atom. The van der Waals surface area contributed by atoms with E-state index in [9.17, 15) is 27.6 Å². The monoisotopic (exact) mass is 529 g/mol. The van der Waals surface area contributed by atoms with Crippen molar-refractivity contribution >= 4 is 11.9 Å². The number of pyridine rings is 2. The molecule has 0 spiro atoms. The van der Waals surface area contributed by atoms with Gasteiger partial charge in [-0.05, 0) is 55.0 Å². The van der Waals surface area contributed by atoms with Crippen molar-refractivity contribution in [2.24, 2.45) is 5.92 Å². The Kier molecular flexibility index (Phi) is 9.08. The average molecular weight is 530 g/mol. The normalized spacial score (nSPS) is 12.3. The molecule has 2 heterocycles. The highest BCUT2D eigenvalue weighted by Crippen LogP contribution is 2.29. The first-order valence-corrected chi connectivity index (χ1v) is 12.2. The first-order chi connectivity index (χ1) is 17.9. The number of amides is 1. The van der Waals surface area contributed by atoms with Crippen molar-refractivity contribution in [3.8, 4) is 16.9 Å². The highest BCUT2D eigenvalue weighted by molar-refractivity contribution is 5.81. The predicted molar refractivity (Wildman–Crippen MR) is 137 cm³/mol. The Bertz CT molecular complexity index is 1350. The number of halogens is 3. The zero-order valence-electron chi connectivity index (χ0n) is 21.6. The molecule has 0 bridgehead atoms. The molecule has 2 aromatic heterocycles. The summed E-state index contributed by atoms with van der Waals surface area (Å²) in [5.41, 5.74) is 1.90. The van der Waals surface area contributed by atoms with Gasteiger partial charge in [0.05, 0.1) is 18.2 Å². The van der Waals surface area contributed by atoms with Crippen LogP contribution in [0.25, 0.3) is 11.1 Å². The number of aromatic nitrogens is 2. The molecule has 0 radical (unpaired) electrons. The summed E-state index contributed by atoms with van der Waals surface area (Å²) in [6, 6.07) is 7.84. The quantitative estimate of drug-likeness (QED) is 0.383. The summed E-state index contributed by atoms with van der Waals surface area (Å²) in [6.45, 7) is 7.54. The summed E-state index contributed by atoms with van der Waals surface area (Å²) < 4.78 is 45.2. The van der Waals surface area contributed by atoms with Crippen LogP contribution in [0.3, 0.4) is 0 Å². The first kappa shape index (κ1) is 28.6. The molecule has 0 saturated carbocycles. The van der Waals surface area contributed by atoms with Gasteiger partial charge in [0.15, 0.2) is 0 Å². The average Bonchev–Trinajstić information content (AvgIpc) is 2.82. The molecular formula is C28H30F3N3O4. The van der Waals surface area contributed by atoms with E-state index in [2.05, 4.69) is 10.3 Å². The fourth-order valence-corrected chi connectivity index (χ4v) is 4.19. The van der Waals surface area contributed by atoms with Crippen LogP contribution in [0.1, 0.15) is 49.4 Å². The van der Waals surface area contributed by atoms with Crippen molar-refractivity contribution in [2.75, 3.05) is 6.54 Å². The number of hydrogen-bond acceptors (Lipinski definition) is 5. The fraction of sp³-hybridized carbons (Fsp3) is 0.357. The molecule has 0 aliphatic heterocycles. The lowest BCUT2D eigenvalue weighted by Crippen LogP contribution is -2.39. The second-order valence-electron chi connectivity index (χ2n) is 9.50. The number of alkyl halides is 3. The highest BCUT2D eigenvalue weighted by atomic mass is 19.4. The van der Waals surface area contributed by atoms with E-state index in [0.717, 1.165) is 39.1 Å². The third kappa shape index (κ3) is 7.30. The fourth-order valence-electron chi connectivity index (χ4n) is 4.19. The second-order valence-corrected chi connectivity index (χ2v) is 9.50. The van der Waals surface area contributed by atoms with Gasteiger partial charge in [0, 0.05) is 30.6 Å². The molecule has 0 unspecified atom stereocenters. The van der Waals surface area contributed by atoms with E-state index < -0.39 is 35.2 Å².